The highest BCUT2D eigenvalue weighted by Gasteiger charge is 2.25. The molecule has 0 fully saturated rings. The summed E-state index contributed by atoms with van der Waals surface area (Å²) in [5, 5.41) is 10.5. The van der Waals surface area contributed by atoms with Gasteiger partial charge in [-0.15, -0.1) is 0 Å². The average molecular weight is 333 g/mol. The number of carboxylic acid groups (broad SMARTS) is 1. The molecule has 25 heavy (non-hydrogen) atoms. The summed E-state index contributed by atoms with van der Waals surface area (Å²) in [7, 11) is 0. The van der Waals surface area contributed by atoms with Crippen LogP contribution in [0.4, 0.5) is 0 Å². The van der Waals surface area contributed by atoms with Gasteiger partial charge in [-0.2, -0.15) is 0 Å². The molecule has 0 amide bonds. The smallest absolute Gasteiger partial charge is 0.335 e. The zero-order valence-corrected chi connectivity index (χ0v) is 14.7. The van der Waals surface area contributed by atoms with Crippen LogP contribution in [0.1, 0.15) is 58.4 Å². The van der Waals surface area contributed by atoms with Gasteiger partial charge in [-0.25, -0.2) is 4.79 Å². The van der Waals surface area contributed by atoms with E-state index in [4.69, 9.17) is 0 Å². The number of aromatic nitrogens is 1. The highest BCUT2D eigenvalue weighted by atomic mass is 16.4. The first-order chi connectivity index (χ1) is 12.0. The minimum absolute atomic E-state index is 0.376. The molecule has 0 aliphatic heterocycles. The fourth-order valence-electron chi connectivity index (χ4n) is 4.17. The van der Waals surface area contributed by atoms with Crippen LogP contribution in [0.2, 0.25) is 0 Å². The van der Waals surface area contributed by atoms with Crippen molar-refractivity contribution in [2.75, 3.05) is 0 Å². The van der Waals surface area contributed by atoms with E-state index in [1.807, 2.05) is 12.1 Å². The van der Waals surface area contributed by atoms with Gasteiger partial charge < -0.3 is 9.67 Å². The number of hydrogen-bond acceptors (Lipinski definition) is 1. The lowest BCUT2D eigenvalue weighted by Gasteiger charge is -2.22. The number of rotatable bonds is 3. The predicted octanol–water partition coefficient (Wildman–Crippen LogP) is 5.14. The van der Waals surface area contributed by atoms with Crippen LogP contribution in [-0.2, 0) is 13.0 Å². The van der Waals surface area contributed by atoms with Crippen molar-refractivity contribution < 1.29 is 9.90 Å². The van der Waals surface area contributed by atoms with Crippen molar-refractivity contribution in [3.05, 3.63) is 70.4 Å². The number of hydrogen-bond donors (Lipinski definition) is 1. The van der Waals surface area contributed by atoms with Gasteiger partial charge in [0.05, 0.1) is 5.56 Å². The Morgan fingerprint density at radius 2 is 1.96 bits per heavy atom. The Morgan fingerprint density at radius 1 is 1.20 bits per heavy atom. The number of nitrogens with zero attached hydrogens (tertiary/aromatic N) is 1. The van der Waals surface area contributed by atoms with Crippen LogP contribution in [0, 0.1) is 6.92 Å². The Hall–Kier alpha value is -2.55. The average Bonchev–Trinajstić information content (AvgIpc) is 2.91. The maximum Gasteiger partial charge on any atom is 0.335 e. The fourth-order valence-corrected chi connectivity index (χ4v) is 4.17. The van der Waals surface area contributed by atoms with E-state index in [2.05, 4.69) is 42.7 Å². The lowest BCUT2D eigenvalue weighted by molar-refractivity contribution is 0.0697. The van der Waals surface area contributed by atoms with Crippen molar-refractivity contribution in [1.82, 2.24) is 4.57 Å². The first-order valence-corrected chi connectivity index (χ1v) is 8.98. The van der Waals surface area contributed by atoms with E-state index in [-0.39, 0.29) is 0 Å². The molecule has 0 bridgehead atoms. The monoisotopic (exact) mass is 333 g/mol. The second-order valence-corrected chi connectivity index (χ2v) is 7.27. The molecule has 3 aromatic rings. The van der Waals surface area contributed by atoms with Gasteiger partial charge in [-0.1, -0.05) is 36.8 Å². The van der Waals surface area contributed by atoms with Crippen LogP contribution in [0.5, 0.6) is 0 Å². The van der Waals surface area contributed by atoms with Crippen molar-refractivity contribution in [2.24, 2.45) is 0 Å². The van der Waals surface area contributed by atoms with Gasteiger partial charge in [0.15, 0.2) is 0 Å². The van der Waals surface area contributed by atoms with Crippen LogP contribution in [-0.4, -0.2) is 15.6 Å². The predicted molar refractivity (Wildman–Crippen MR) is 101 cm³/mol. The Labute approximate surface area is 147 Å². The quantitative estimate of drug-likeness (QED) is 0.721. The third-order valence-corrected chi connectivity index (χ3v) is 5.45. The minimum atomic E-state index is -0.856. The molecule has 1 N–H and O–H groups in total. The van der Waals surface area contributed by atoms with Crippen molar-refractivity contribution in [3.63, 3.8) is 0 Å². The Bertz CT molecular complexity index is 950. The summed E-state index contributed by atoms with van der Waals surface area (Å²) in [5.74, 6) is -0.347. The molecule has 1 atom stereocenters. The molecule has 0 radical (unpaired) electrons. The number of aryl methyl sites for hydroxylation is 2. The third kappa shape index (κ3) is 2.74. The normalized spacial score (nSPS) is 16.8. The third-order valence-electron chi connectivity index (χ3n) is 5.45. The molecule has 1 unspecified atom stereocenters. The molecule has 0 saturated carbocycles. The first kappa shape index (κ1) is 15.9. The zero-order valence-electron chi connectivity index (χ0n) is 14.7. The molecule has 1 aliphatic rings. The summed E-state index contributed by atoms with van der Waals surface area (Å²) in [6.45, 7) is 5.23. The van der Waals surface area contributed by atoms with E-state index in [9.17, 15) is 9.90 Å². The van der Waals surface area contributed by atoms with Crippen LogP contribution in [0.15, 0.2) is 42.5 Å². The maximum absolute atomic E-state index is 11.4. The van der Waals surface area contributed by atoms with Crippen LogP contribution in [0.3, 0.4) is 0 Å². The number of fused-ring (bicyclic) bond motifs is 3. The minimum Gasteiger partial charge on any atom is -0.478 e. The molecule has 1 aromatic heterocycles. The Kier molecular flexibility index (Phi) is 3.87. The number of benzene rings is 2. The van der Waals surface area contributed by atoms with Gasteiger partial charge in [-0.3, -0.25) is 0 Å². The molecule has 4 rings (SSSR count). The van der Waals surface area contributed by atoms with Gasteiger partial charge in [0, 0.05) is 23.1 Å². The maximum atomic E-state index is 11.4. The van der Waals surface area contributed by atoms with Crippen LogP contribution >= 0.6 is 0 Å². The lowest BCUT2D eigenvalue weighted by atomic mass is 9.87. The summed E-state index contributed by atoms with van der Waals surface area (Å²) in [4.78, 5) is 11.4. The molecule has 128 valence electrons. The van der Waals surface area contributed by atoms with Crippen LogP contribution in [0.25, 0.3) is 10.9 Å². The highest BCUT2D eigenvalue weighted by Crippen LogP contribution is 2.39. The molecule has 0 saturated heterocycles. The molecule has 1 heterocycles. The molecule has 2 aromatic carbocycles. The van der Waals surface area contributed by atoms with E-state index in [0.717, 1.165) is 23.9 Å². The lowest BCUT2D eigenvalue weighted by Crippen LogP contribution is -2.12. The second-order valence-electron chi connectivity index (χ2n) is 7.27. The zero-order chi connectivity index (χ0) is 17.6. The Morgan fingerprint density at radius 3 is 2.68 bits per heavy atom. The van der Waals surface area contributed by atoms with E-state index >= 15 is 0 Å². The number of aromatic carboxylic acids is 1. The van der Waals surface area contributed by atoms with Gasteiger partial charge in [0.25, 0.3) is 0 Å². The van der Waals surface area contributed by atoms with Gasteiger partial charge in [-0.05, 0) is 61.4 Å². The molecular formula is C22H23NO2. The largest absolute Gasteiger partial charge is 0.478 e. The summed E-state index contributed by atoms with van der Waals surface area (Å²) >= 11 is 0. The molecule has 0 spiro atoms. The molecular weight excluding hydrogens is 310 g/mol. The van der Waals surface area contributed by atoms with Crippen LogP contribution < -0.4 is 0 Å². The number of carbonyl (C=O) groups is 1. The van der Waals surface area contributed by atoms with Crippen molar-refractivity contribution in [3.8, 4) is 0 Å². The standard InChI is InChI=1S/C22H23NO2/c1-14-6-8-16(9-7-14)13-23-20-11-10-17(22(24)25)12-19(20)18-5-3-4-15(2)21(18)23/h6-12,15H,3-5,13H2,1-2H3,(H,24,25). The SMILES string of the molecule is Cc1ccc(Cn2c3c(c4cc(C(=O)O)ccc42)CCCC3C)cc1. The Balaban J connectivity index is 1.91. The van der Waals surface area contributed by atoms with Gasteiger partial charge in [0.2, 0.25) is 0 Å². The first-order valence-electron chi connectivity index (χ1n) is 8.98. The molecule has 1 aliphatic carbocycles. The molecule has 3 heteroatoms. The fraction of sp³-hybridized carbons (Fsp3) is 0.318. The topological polar surface area (TPSA) is 42.2 Å². The van der Waals surface area contributed by atoms with E-state index in [1.54, 1.807) is 6.07 Å². The summed E-state index contributed by atoms with van der Waals surface area (Å²) in [5.41, 5.74) is 6.83. The van der Waals surface area contributed by atoms with Crippen molar-refractivity contribution >= 4 is 16.9 Å². The summed E-state index contributed by atoms with van der Waals surface area (Å²) < 4.78 is 2.41. The van der Waals surface area contributed by atoms with E-state index in [1.165, 1.54) is 35.2 Å². The number of carboxylic acids is 1. The van der Waals surface area contributed by atoms with E-state index in [0.29, 0.717) is 11.5 Å². The summed E-state index contributed by atoms with van der Waals surface area (Å²) in [6.07, 6.45) is 3.41. The summed E-state index contributed by atoms with van der Waals surface area (Å²) in [6, 6.07) is 14.3. The molecule has 3 nitrogen and oxygen atoms in total. The van der Waals surface area contributed by atoms with Gasteiger partial charge in [0.1, 0.15) is 0 Å². The van der Waals surface area contributed by atoms with Crippen molar-refractivity contribution in [2.45, 2.75) is 45.6 Å². The van der Waals surface area contributed by atoms with Gasteiger partial charge >= 0.3 is 5.97 Å². The van der Waals surface area contributed by atoms with Crippen molar-refractivity contribution in [1.29, 1.82) is 0 Å². The van der Waals surface area contributed by atoms with E-state index < -0.39 is 5.97 Å². The second kappa shape index (κ2) is 6.07. The highest BCUT2D eigenvalue weighted by molar-refractivity contribution is 5.95.